The molecule has 1 aliphatic rings. The molecule has 6 nitrogen and oxygen atoms in total. The van der Waals surface area contributed by atoms with Crippen molar-refractivity contribution in [2.75, 3.05) is 31.6 Å². The van der Waals surface area contributed by atoms with Crippen molar-refractivity contribution in [2.24, 2.45) is 0 Å². The molecule has 4 rings (SSSR count). The van der Waals surface area contributed by atoms with E-state index < -0.39 is 0 Å². The maximum Gasteiger partial charge on any atom is 0.224 e. The van der Waals surface area contributed by atoms with Gasteiger partial charge >= 0.3 is 0 Å². The second-order valence-electron chi connectivity index (χ2n) is 7.24. The van der Waals surface area contributed by atoms with E-state index in [-0.39, 0.29) is 12.3 Å². The minimum atomic E-state index is -0.0731. The van der Waals surface area contributed by atoms with E-state index in [2.05, 4.69) is 21.3 Å². The molecule has 1 saturated heterocycles. The molecule has 0 saturated carbocycles. The molecule has 0 radical (unpaired) electrons. The van der Waals surface area contributed by atoms with Gasteiger partial charge in [0.15, 0.2) is 11.7 Å². The molecule has 0 unspecified atom stereocenters. The number of carbonyl (C=O) groups excluding carboxylic acids is 1. The topological polar surface area (TPSA) is 67.6 Å². The molecule has 3 aromatic rings. The van der Waals surface area contributed by atoms with Crippen LogP contribution >= 0.6 is 11.6 Å². The summed E-state index contributed by atoms with van der Waals surface area (Å²) >= 11 is 6.20. The third kappa shape index (κ3) is 5.48. The van der Waals surface area contributed by atoms with Crippen LogP contribution in [-0.4, -0.2) is 42.1 Å². The third-order valence-electron chi connectivity index (χ3n) is 4.98. The molecule has 1 N–H and O–H groups in total. The molecule has 1 amide bonds. The van der Waals surface area contributed by atoms with Gasteiger partial charge < -0.3 is 14.5 Å². The summed E-state index contributed by atoms with van der Waals surface area (Å²) < 4.78 is 11.2. The molecule has 2 aromatic carbocycles. The zero-order chi connectivity index (χ0) is 20.8. The van der Waals surface area contributed by atoms with E-state index in [4.69, 9.17) is 20.8 Å². The Morgan fingerprint density at radius 2 is 1.97 bits per heavy atom. The van der Waals surface area contributed by atoms with E-state index in [0.29, 0.717) is 23.1 Å². The molecule has 1 aromatic heterocycles. The average molecular weight is 426 g/mol. The van der Waals surface area contributed by atoms with Gasteiger partial charge in [-0.25, -0.2) is 4.98 Å². The summed E-state index contributed by atoms with van der Waals surface area (Å²) in [5.41, 5.74) is 2.76. The Kier molecular flexibility index (Phi) is 6.79. The molecule has 0 atom stereocenters. The Morgan fingerprint density at radius 3 is 2.80 bits per heavy atom. The summed E-state index contributed by atoms with van der Waals surface area (Å²) in [6.07, 6.45) is 2.35. The third-order valence-corrected chi connectivity index (χ3v) is 5.31. The van der Waals surface area contributed by atoms with Crippen molar-refractivity contribution in [3.05, 3.63) is 71.2 Å². The van der Waals surface area contributed by atoms with Crippen LogP contribution in [-0.2, 0) is 22.5 Å². The Hall–Kier alpha value is -2.67. The predicted octanol–water partition coefficient (Wildman–Crippen LogP) is 4.40. The molecule has 0 aliphatic carbocycles. The van der Waals surface area contributed by atoms with Crippen molar-refractivity contribution in [1.29, 1.82) is 0 Å². The van der Waals surface area contributed by atoms with Crippen LogP contribution in [0.3, 0.4) is 0 Å². The first-order valence-electron chi connectivity index (χ1n) is 10.1. The summed E-state index contributed by atoms with van der Waals surface area (Å²) in [7, 11) is 0. The first kappa shape index (κ1) is 20.6. The lowest BCUT2D eigenvalue weighted by atomic mass is 10.1. The first-order valence-corrected chi connectivity index (χ1v) is 10.4. The summed E-state index contributed by atoms with van der Waals surface area (Å²) in [5, 5.41) is 3.57. The van der Waals surface area contributed by atoms with Crippen LogP contribution in [0.5, 0.6) is 0 Å². The maximum absolute atomic E-state index is 12.4. The molecule has 7 heteroatoms. The second-order valence-corrected chi connectivity index (χ2v) is 7.64. The number of nitrogens with one attached hydrogen (secondary N) is 1. The Bertz CT molecular complexity index is 999. The molecular formula is C23H24ClN3O3. The van der Waals surface area contributed by atoms with Crippen molar-refractivity contribution in [2.45, 2.75) is 19.4 Å². The normalized spacial score (nSPS) is 14.6. The molecule has 0 bridgehead atoms. The number of ether oxygens (including phenoxy) is 1. The van der Waals surface area contributed by atoms with Crippen molar-refractivity contribution in [1.82, 2.24) is 9.88 Å². The van der Waals surface area contributed by atoms with E-state index in [1.54, 1.807) is 12.3 Å². The van der Waals surface area contributed by atoms with Crippen LogP contribution in [0.4, 0.5) is 5.69 Å². The lowest BCUT2D eigenvalue weighted by Crippen LogP contribution is -2.35. The number of halogens is 1. The lowest BCUT2D eigenvalue weighted by Gasteiger charge is -2.26. The number of aromatic nitrogens is 1. The predicted molar refractivity (Wildman–Crippen MR) is 116 cm³/mol. The number of anilines is 1. The van der Waals surface area contributed by atoms with Gasteiger partial charge in [0.05, 0.1) is 24.4 Å². The van der Waals surface area contributed by atoms with Gasteiger partial charge in [0.2, 0.25) is 5.91 Å². The molecule has 30 heavy (non-hydrogen) atoms. The van der Waals surface area contributed by atoms with Gasteiger partial charge in [-0.05, 0) is 29.8 Å². The summed E-state index contributed by atoms with van der Waals surface area (Å²) in [5.74, 6) is 1.05. The number of carbonyl (C=O) groups is 1. The van der Waals surface area contributed by atoms with Gasteiger partial charge in [0.1, 0.15) is 0 Å². The standard InChI is InChI=1S/C23H24ClN3O3/c24-20-7-2-1-6-19(20)21-15-25-23(30-21)9-8-22(28)26-18-5-3-4-17(14-18)16-27-10-12-29-13-11-27/h1-7,14-15H,8-13,16H2,(H,26,28). The lowest BCUT2D eigenvalue weighted by molar-refractivity contribution is -0.116. The van der Waals surface area contributed by atoms with Crippen molar-refractivity contribution in [3.8, 4) is 11.3 Å². The van der Waals surface area contributed by atoms with Crippen LogP contribution < -0.4 is 5.32 Å². The van der Waals surface area contributed by atoms with Crippen LogP contribution in [0.25, 0.3) is 11.3 Å². The highest BCUT2D eigenvalue weighted by molar-refractivity contribution is 6.33. The summed E-state index contributed by atoms with van der Waals surface area (Å²) in [6, 6.07) is 15.4. The van der Waals surface area contributed by atoms with Gasteiger partial charge in [-0.15, -0.1) is 0 Å². The number of amides is 1. The molecule has 1 aliphatic heterocycles. The first-order chi connectivity index (χ1) is 14.7. The van der Waals surface area contributed by atoms with Gasteiger partial charge in [-0.2, -0.15) is 0 Å². The zero-order valence-electron chi connectivity index (χ0n) is 16.6. The van der Waals surface area contributed by atoms with E-state index in [9.17, 15) is 4.79 Å². The number of hydrogen-bond donors (Lipinski definition) is 1. The minimum Gasteiger partial charge on any atom is -0.441 e. The number of aryl methyl sites for hydroxylation is 1. The fourth-order valence-corrected chi connectivity index (χ4v) is 3.65. The number of morpholine rings is 1. The number of hydrogen-bond acceptors (Lipinski definition) is 5. The number of nitrogens with zero attached hydrogens (tertiary/aromatic N) is 2. The highest BCUT2D eigenvalue weighted by Gasteiger charge is 2.13. The SMILES string of the molecule is O=C(CCc1ncc(-c2ccccc2Cl)o1)Nc1cccc(CN2CCOCC2)c1. The number of oxazole rings is 1. The van der Waals surface area contributed by atoms with Crippen LogP contribution in [0, 0.1) is 0 Å². The van der Waals surface area contributed by atoms with Crippen molar-refractivity contribution < 1.29 is 13.9 Å². The number of benzene rings is 2. The van der Waals surface area contributed by atoms with Crippen molar-refractivity contribution in [3.63, 3.8) is 0 Å². The van der Waals surface area contributed by atoms with Crippen LogP contribution in [0.1, 0.15) is 17.9 Å². The second kappa shape index (κ2) is 9.89. The minimum absolute atomic E-state index is 0.0731. The fraction of sp³-hybridized carbons (Fsp3) is 0.304. The number of rotatable bonds is 7. The molecule has 0 spiro atoms. The maximum atomic E-state index is 12.4. The van der Waals surface area contributed by atoms with E-state index in [0.717, 1.165) is 44.1 Å². The van der Waals surface area contributed by atoms with Crippen LogP contribution in [0.15, 0.2) is 59.1 Å². The summed E-state index contributed by atoms with van der Waals surface area (Å²) in [4.78, 5) is 19.0. The zero-order valence-corrected chi connectivity index (χ0v) is 17.4. The quantitative estimate of drug-likeness (QED) is 0.607. The van der Waals surface area contributed by atoms with Crippen LogP contribution in [0.2, 0.25) is 5.02 Å². The van der Waals surface area contributed by atoms with Gasteiger partial charge in [0.25, 0.3) is 0 Å². The smallest absolute Gasteiger partial charge is 0.224 e. The highest BCUT2D eigenvalue weighted by atomic mass is 35.5. The highest BCUT2D eigenvalue weighted by Crippen LogP contribution is 2.28. The van der Waals surface area contributed by atoms with Crippen molar-refractivity contribution >= 4 is 23.2 Å². The molecule has 2 heterocycles. The van der Waals surface area contributed by atoms with E-state index in [1.807, 2.05) is 36.4 Å². The molecule has 156 valence electrons. The fourth-order valence-electron chi connectivity index (χ4n) is 3.42. The van der Waals surface area contributed by atoms with Gasteiger partial charge in [0, 0.05) is 43.7 Å². The Balaban J connectivity index is 1.30. The van der Waals surface area contributed by atoms with E-state index in [1.165, 1.54) is 5.56 Å². The molecular weight excluding hydrogens is 402 g/mol. The Morgan fingerprint density at radius 1 is 1.13 bits per heavy atom. The Labute approximate surface area is 180 Å². The largest absolute Gasteiger partial charge is 0.441 e. The summed E-state index contributed by atoms with van der Waals surface area (Å²) in [6.45, 7) is 4.27. The molecule has 1 fully saturated rings. The monoisotopic (exact) mass is 425 g/mol. The van der Waals surface area contributed by atoms with E-state index >= 15 is 0 Å². The average Bonchev–Trinajstić information content (AvgIpc) is 3.22. The van der Waals surface area contributed by atoms with Gasteiger partial charge in [-0.3, -0.25) is 9.69 Å². The van der Waals surface area contributed by atoms with Gasteiger partial charge in [-0.1, -0.05) is 35.9 Å².